The van der Waals surface area contributed by atoms with E-state index in [1.54, 1.807) is 13.0 Å². The Morgan fingerprint density at radius 1 is 1.47 bits per heavy atom. The lowest BCUT2D eigenvalue weighted by Gasteiger charge is -2.08. The molecule has 1 aliphatic rings. The zero-order chi connectivity index (χ0) is 13.8. The Hall–Kier alpha value is -1.77. The fraction of sp³-hybridized carbons (Fsp3) is 0.400. The number of aryl methyl sites for hydroxylation is 1. The number of urea groups is 1. The Labute approximate surface area is 113 Å². The van der Waals surface area contributed by atoms with Crippen LogP contribution in [0, 0.1) is 6.92 Å². The van der Waals surface area contributed by atoms with Gasteiger partial charge >= 0.3 is 6.03 Å². The van der Waals surface area contributed by atoms with Gasteiger partial charge in [0.2, 0.25) is 5.95 Å². The second-order valence-corrected chi connectivity index (χ2v) is 4.13. The number of carbonyl (C=O) groups excluding carboxylic acids is 2. The first kappa shape index (κ1) is 13.7. The Morgan fingerprint density at radius 2 is 2.26 bits per heavy atom. The van der Waals surface area contributed by atoms with Crippen molar-refractivity contribution < 1.29 is 19.1 Å². The average molecular weight is 287 g/mol. The van der Waals surface area contributed by atoms with Gasteiger partial charge in [-0.05, 0) is 13.0 Å². The lowest BCUT2D eigenvalue weighted by molar-refractivity contribution is -0.128. The van der Waals surface area contributed by atoms with E-state index in [0.717, 1.165) is 0 Å². The number of carbonyl (C=O) groups is 2. The third-order valence-electron chi connectivity index (χ3n) is 2.20. The molecule has 0 aliphatic carbocycles. The zero-order valence-corrected chi connectivity index (χ0v) is 10.7. The molecule has 2 rings (SSSR count). The normalized spacial score (nSPS) is 18.1. The van der Waals surface area contributed by atoms with E-state index in [2.05, 4.69) is 20.6 Å². The number of anilines is 1. The Kier molecular flexibility index (Phi) is 4.25. The maximum absolute atomic E-state index is 11.5. The monoisotopic (exact) mass is 286 g/mol. The van der Waals surface area contributed by atoms with Gasteiger partial charge in [0.05, 0.1) is 6.61 Å². The summed E-state index contributed by atoms with van der Waals surface area (Å²) in [7, 11) is 0. The van der Waals surface area contributed by atoms with E-state index in [1.165, 1.54) is 0 Å². The minimum Gasteiger partial charge on any atom is -0.352 e. The lowest BCUT2D eigenvalue weighted by atomic mass is 10.3. The van der Waals surface area contributed by atoms with Gasteiger partial charge in [0, 0.05) is 5.69 Å². The van der Waals surface area contributed by atoms with E-state index in [0.29, 0.717) is 5.69 Å². The molecule has 1 unspecified atom stereocenters. The molecule has 0 bridgehead atoms. The number of rotatable bonds is 2. The maximum Gasteiger partial charge on any atom is 0.328 e. The lowest BCUT2D eigenvalue weighted by Crippen LogP contribution is -2.42. The SMILES string of the molecule is Cc1cc(Cl)nc(NC(=O)NC(=O)C2COCO2)n1. The van der Waals surface area contributed by atoms with Crippen LogP contribution in [0.1, 0.15) is 5.69 Å². The summed E-state index contributed by atoms with van der Waals surface area (Å²) in [6.07, 6.45) is -0.784. The summed E-state index contributed by atoms with van der Waals surface area (Å²) < 4.78 is 9.79. The van der Waals surface area contributed by atoms with E-state index in [4.69, 9.17) is 21.1 Å². The van der Waals surface area contributed by atoms with Crippen molar-refractivity contribution in [2.75, 3.05) is 18.7 Å². The Bertz CT molecular complexity index is 484. The number of aromatic nitrogens is 2. The number of nitrogens with one attached hydrogen (secondary N) is 2. The van der Waals surface area contributed by atoms with Crippen LogP contribution in [0.15, 0.2) is 6.07 Å². The van der Waals surface area contributed by atoms with Crippen molar-refractivity contribution in [2.45, 2.75) is 13.0 Å². The number of hydrogen-bond donors (Lipinski definition) is 2. The molecule has 0 saturated carbocycles. The first-order valence-electron chi connectivity index (χ1n) is 5.37. The van der Waals surface area contributed by atoms with Crippen LogP contribution in [0.5, 0.6) is 0 Å². The van der Waals surface area contributed by atoms with Gasteiger partial charge in [-0.2, -0.15) is 0 Å². The van der Waals surface area contributed by atoms with Crippen molar-refractivity contribution in [1.29, 1.82) is 0 Å². The molecule has 2 N–H and O–H groups in total. The van der Waals surface area contributed by atoms with E-state index in [-0.39, 0.29) is 24.5 Å². The standard InChI is InChI=1S/C10H11ClN4O4/c1-5-2-7(11)13-9(12-5)15-10(17)14-8(16)6-3-18-4-19-6/h2,6H,3-4H2,1H3,(H2,12,13,14,15,16,17). The van der Waals surface area contributed by atoms with Crippen LogP contribution in [0.4, 0.5) is 10.7 Å². The van der Waals surface area contributed by atoms with E-state index < -0.39 is 18.0 Å². The molecular formula is C10H11ClN4O4. The van der Waals surface area contributed by atoms with Gasteiger partial charge < -0.3 is 9.47 Å². The van der Waals surface area contributed by atoms with Gasteiger partial charge in [0.1, 0.15) is 11.9 Å². The van der Waals surface area contributed by atoms with Gasteiger partial charge in [-0.1, -0.05) is 11.6 Å². The fourth-order valence-corrected chi connectivity index (χ4v) is 1.63. The van der Waals surface area contributed by atoms with Crippen molar-refractivity contribution in [1.82, 2.24) is 15.3 Å². The maximum atomic E-state index is 11.5. The largest absolute Gasteiger partial charge is 0.352 e. The van der Waals surface area contributed by atoms with Crippen LogP contribution < -0.4 is 10.6 Å². The molecule has 1 aromatic rings. The summed E-state index contributed by atoms with van der Waals surface area (Å²) in [6.45, 7) is 1.85. The molecule has 0 aromatic carbocycles. The molecule has 1 fully saturated rings. The van der Waals surface area contributed by atoms with Crippen LogP contribution in [0.2, 0.25) is 5.15 Å². The van der Waals surface area contributed by atoms with Gasteiger partial charge in [0.25, 0.3) is 5.91 Å². The van der Waals surface area contributed by atoms with Gasteiger partial charge in [0.15, 0.2) is 6.10 Å². The summed E-state index contributed by atoms with van der Waals surface area (Å²) in [6, 6.07) is 0.779. The molecule has 0 spiro atoms. The highest BCUT2D eigenvalue weighted by Crippen LogP contribution is 2.09. The summed E-state index contributed by atoms with van der Waals surface area (Å²) >= 11 is 5.72. The summed E-state index contributed by atoms with van der Waals surface area (Å²) in [5.41, 5.74) is 0.592. The molecule has 1 aromatic heterocycles. The third kappa shape index (κ3) is 3.85. The van der Waals surface area contributed by atoms with Gasteiger partial charge in [-0.3, -0.25) is 15.4 Å². The van der Waals surface area contributed by atoms with Crippen molar-refractivity contribution >= 4 is 29.5 Å². The summed E-state index contributed by atoms with van der Waals surface area (Å²) in [4.78, 5) is 30.8. The second kappa shape index (κ2) is 5.91. The van der Waals surface area contributed by atoms with Crippen molar-refractivity contribution in [3.63, 3.8) is 0 Å². The fourth-order valence-electron chi connectivity index (χ4n) is 1.40. The molecule has 1 atom stereocenters. The highest BCUT2D eigenvalue weighted by atomic mass is 35.5. The predicted molar refractivity (Wildman–Crippen MR) is 64.6 cm³/mol. The number of amides is 3. The highest BCUT2D eigenvalue weighted by Gasteiger charge is 2.26. The predicted octanol–water partition coefficient (Wildman–Crippen LogP) is 0.459. The van der Waals surface area contributed by atoms with Crippen LogP contribution >= 0.6 is 11.6 Å². The van der Waals surface area contributed by atoms with E-state index >= 15 is 0 Å². The molecule has 3 amide bonds. The average Bonchev–Trinajstić information content (AvgIpc) is 2.80. The molecule has 19 heavy (non-hydrogen) atoms. The number of halogens is 1. The highest BCUT2D eigenvalue weighted by molar-refractivity contribution is 6.29. The Morgan fingerprint density at radius 3 is 2.89 bits per heavy atom. The van der Waals surface area contributed by atoms with Crippen molar-refractivity contribution in [3.8, 4) is 0 Å². The molecule has 2 heterocycles. The van der Waals surface area contributed by atoms with Crippen molar-refractivity contribution in [2.24, 2.45) is 0 Å². The van der Waals surface area contributed by atoms with Crippen LogP contribution in [-0.4, -0.2) is 41.4 Å². The molecule has 9 heteroatoms. The number of hydrogen-bond acceptors (Lipinski definition) is 6. The first-order valence-corrected chi connectivity index (χ1v) is 5.75. The Balaban J connectivity index is 1.91. The first-order chi connectivity index (χ1) is 9.04. The minimum atomic E-state index is -0.784. The zero-order valence-electron chi connectivity index (χ0n) is 9.97. The van der Waals surface area contributed by atoms with E-state index in [1.807, 2.05) is 0 Å². The molecule has 1 saturated heterocycles. The van der Waals surface area contributed by atoms with Gasteiger partial charge in [-0.15, -0.1) is 0 Å². The topological polar surface area (TPSA) is 102 Å². The number of ether oxygens (including phenoxy) is 2. The second-order valence-electron chi connectivity index (χ2n) is 3.74. The minimum absolute atomic E-state index is 0.0129. The van der Waals surface area contributed by atoms with Crippen LogP contribution in [0.25, 0.3) is 0 Å². The van der Waals surface area contributed by atoms with Gasteiger partial charge in [-0.25, -0.2) is 14.8 Å². The summed E-state index contributed by atoms with van der Waals surface area (Å²) in [5, 5.41) is 4.59. The molecule has 102 valence electrons. The summed E-state index contributed by atoms with van der Waals surface area (Å²) in [5.74, 6) is -0.576. The smallest absolute Gasteiger partial charge is 0.328 e. The number of nitrogens with zero attached hydrogens (tertiary/aromatic N) is 2. The van der Waals surface area contributed by atoms with E-state index in [9.17, 15) is 9.59 Å². The van der Waals surface area contributed by atoms with Crippen LogP contribution in [-0.2, 0) is 14.3 Å². The molecule has 1 aliphatic heterocycles. The third-order valence-corrected chi connectivity index (χ3v) is 2.39. The van der Waals surface area contributed by atoms with Crippen LogP contribution in [0.3, 0.4) is 0 Å². The van der Waals surface area contributed by atoms with Crippen molar-refractivity contribution in [3.05, 3.63) is 16.9 Å². The molecule has 0 radical (unpaired) electrons. The molecule has 8 nitrogen and oxygen atoms in total. The quantitative estimate of drug-likeness (QED) is 0.766. The molecular weight excluding hydrogens is 276 g/mol. The number of imide groups is 1.